The van der Waals surface area contributed by atoms with E-state index in [0.29, 0.717) is 37.1 Å². The number of thiazole rings is 1. The van der Waals surface area contributed by atoms with Crippen LogP contribution in [0.4, 0.5) is 0 Å². The van der Waals surface area contributed by atoms with Gasteiger partial charge < -0.3 is 14.2 Å². The lowest BCUT2D eigenvalue weighted by molar-refractivity contribution is -0.143. The van der Waals surface area contributed by atoms with E-state index in [9.17, 15) is 9.59 Å². The van der Waals surface area contributed by atoms with Crippen molar-refractivity contribution in [1.82, 2.24) is 4.57 Å². The van der Waals surface area contributed by atoms with Crippen molar-refractivity contribution < 1.29 is 19.0 Å². The molecule has 0 bridgehead atoms. The molecule has 2 aromatic carbocycles. The second-order valence-corrected chi connectivity index (χ2v) is 10.6. The molecule has 0 fully saturated rings. The van der Waals surface area contributed by atoms with E-state index < -0.39 is 12.0 Å². The van der Waals surface area contributed by atoms with Crippen LogP contribution in [-0.4, -0.2) is 23.4 Å². The highest BCUT2D eigenvalue weighted by atomic mass is 79.9. The summed E-state index contributed by atoms with van der Waals surface area (Å²) in [4.78, 5) is 32.0. The molecule has 1 aromatic heterocycles. The standard InChI is InChI=1S/C25H20BrClN2O5S/c1-12(2)34-24(31)21-13(3)28-25-29(22(21)14-4-6-16(27)7-5-14)23(30)20(35-25)9-15-8-18-19(10-17(15)26)33-11-32-18/h4-10,12,22H,11H2,1-3H3/b20-9-. The Morgan fingerprint density at radius 2 is 1.94 bits per heavy atom. The van der Waals surface area contributed by atoms with E-state index in [2.05, 4.69) is 20.9 Å². The molecule has 5 rings (SSSR count). The number of carbonyl (C=O) groups is 1. The molecule has 2 aliphatic heterocycles. The molecule has 1 atom stereocenters. The number of hydrogen-bond acceptors (Lipinski definition) is 7. The fourth-order valence-electron chi connectivity index (χ4n) is 4.01. The van der Waals surface area contributed by atoms with Gasteiger partial charge in [0, 0.05) is 9.50 Å². The van der Waals surface area contributed by atoms with Gasteiger partial charge in [0.05, 0.1) is 27.9 Å². The zero-order valence-corrected chi connectivity index (χ0v) is 22.2. The quantitative estimate of drug-likeness (QED) is 0.433. The van der Waals surface area contributed by atoms with Gasteiger partial charge in [-0.1, -0.05) is 51.0 Å². The van der Waals surface area contributed by atoms with Gasteiger partial charge in [0.15, 0.2) is 16.3 Å². The average molecular weight is 576 g/mol. The molecule has 10 heteroatoms. The Labute approximate surface area is 218 Å². The van der Waals surface area contributed by atoms with Crippen LogP contribution in [-0.2, 0) is 9.53 Å². The van der Waals surface area contributed by atoms with Crippen molar-refractivity contribution in [3.05, 3.63) is 88.0 Å². The topological polar surface area (TPSA) is 79.1 Å². The van der Waals surface area contributed by atoms with Crippen LogP contribution in [0.2, 0.25) is 5.02 Å². The molecular weight excluding hydrogens is 556 g/mol. The van der Waals surface area contributed by atoms with Gasteiger partial charge >= 0.3 is 5.97 Å². The van der Waals surface area contributed by atoms with Gasteiger partial charge in [-0.15, -0.1) is 0 Å². The van der Waals surface area contributed by atoms with Gasteiger partial charge in [-0.2, -0.15) is 0 Å². The molecular formula is C25H20BrClN2O5S. The van der Waals surface area contributed by atoms with E-state index in [0.717, 1.165) is 15.6 Å². The van der Waals surface area contributed by atoms with Crippen LogP contribution in [0.25, 0.3) is 6.08 Å². The van der Waals surface area contributed by atoms with Crippen LogP contribution in [0.1, 0.15) is 37.9 Å². The smallest absolute Gasteiger partial charge is 0.338 e. The van der Waals surface area contributed by atoms with E-state index in [1.807, 2.05) is 12.1 Å². The largest absolute Gasteiger partial charge is 0.459 e. The predicted octanol–water partition coefficient (Wildman–Crippen LogP) is 4.33. The Kier molecular flexibility index (Phi) is 6.33. The summed E-state index contributed by atoms with van der Waals surface area (Å²) in [5.41, 5.74) is 2.06. The van der Waals surface area contributed by atoms with E-state index in [1.54, 1.807) is 55.7 Å². The third-order valence-electron chi connectivity index (χ3n) is 5.55. The Balaban J connectivity index is 1.70. The summed E-state index contributed by atoms with van der Waals surface area (Å²) in [6, 6.07) is 10.0. The lowest BCUT2D eigenvalue weighted by Crippen LogP contribution is -2.40. The first-order chi connectivity index (χ1) is 16.7. The third-order valence-corrected chi connectivity index (χ3v) is 7.47. The first-order valence-corrected chi connectivity index (χ1v) is 12.8. The highest BCUT2D eigenvalue weighted by Gasteiger charge is 2.33. The number of hydrogen-bond donors (Lipinski definition) is 0. The number of benzene rings is 2. The number of halogens is 2. The number of fused-ring (bicyclic) bond motifs is 2. The molecule has 0 N–H and O–H groups in total. The molecule has 180 valence electrons. The summed E-state index contributed by atoms with van der Waals surface area (Å²) in [6.45, 7) is 5.47. The molecule has 3 heterocycles. The molecule has 0 saturated heterocycles. The highest BCUT2D eigenvalue weighted by molar-refractivity contribution is 9.10. The number of aromatic nitrogens is 1. The first-order valence-electron chi connectivity index (χ1n) is 10.8. The van der Waals surface area contributed by atoms with Crippen molar-refractivity contribution in [3.8, 4) is 11.5 Å². The summed E-state index contributed by atoms with van der Waals surface area (Å²) in [6.07, 6.45) is 1.46. The molecule has 0 radical (unpaired) electrons. The zero-order chi connectivity index (χ0) is 24.9. The van der Waals surface area contributed by atoms with Crippen LogP contribution in [0.3, 0.4) is 0 Å². The summed E-state index contributed by atoms with van der Waals surface area (Å²) < 4.78 is 19.2. The summed E-state index contributed by atoms with van der Waals surface area (Å²) in [5.74, 6) is 0.747. The van der Waals surface area contributed by atoms with Crippen molar-refractivity contribution in [2.24, 2.45) is 4.99 Å². The van der Waals surface area contributed by atoms with Gasteiger partial charge in [0.25, 0.3) is 5.56 Å². The minimum Gasteiger partial charge on any atom is -0.459 e. The maximum absolute atomic E-state index is 13.7. The second kappa shape index (κ2) is 9.29. The molecule has 0 saturated carbocycles. The van der Waals surface area contributed by atoms with Crippen molar-refractivity contribution in [3.63, 3.8) is 0 Å². The van der Waals surface area contributed by atoms with Gasteiger partial charge in [-0.05, 0) is 62.2 Å². The van der Waals surface area contributed by atoms with E-state index in [4.69, 9.17) is 25.8 Å². The molecule has 3 aromatic rings. The predicted molar refractivity (Wildman–Crippen MR) is 137 cm³/mol. The molecule has 1 unspecified atom stereocenters. The number of esters is 1. The SMILES string of the molecule is CC1=C(C(=O)OC(C)C)C(c2ccc(Cl)cc2)n2c(s/c(=C\c3cc4c(cc3Br)OCO4)c2=O)=N1. The fourth-order valence-corrected chi connectivity index (χ4v) is 5.61. The maximum Gasteiger partial charge on any atom is 0.338 e. The Morgan fingerprint density at radius 1 is 1.26 bits per heavy atom. The summed E-state index contributed by atoms with van der Waals surface area (Å²) in [7, 11) is 0. The van der Waals surface area contributed by atoms with Crippen LogP contribution in [0, 0.1) is 0 Å². The zero-order valence-electron chi connectivity index (χ0n) is 19.0. The highest BCUT2D eigenvalue weighted by Crippen LogP contribution is 2.37. The summed E-state index contributed by atoms with van der Waals surface area (Å²) in [5, 5.41) is 0.556. The van der Waals surface area contributed by atoms with E-state index >= 15 is 0 Å². The van der Waals surface area contributed by atoms with Crippen LogP contribution < -0.4 is 24.4 Å². The average Bonchev–Trinajstić information content (AvgIpc) is 3.36. The lowest BCUT2D eigenvalue weighted by atomic mass is 9.96. The number of nitrogens with zero attached hydrogens (tertiary/aromatic N) is 2. The second-order valence-electron chi connectivity index (χ2n) is 8.31. The Morgan fingerprint density at radius 3 is 2.63 bits per heavy atom. The monoisotopic (exact) mass is 574 g/mol. The number of rotatable bonds is 4. The Bertz CT molecular complexity index is 1560. The minimum atomic E-state index is -0.697. The molecule has 0 spiro atoms. The van der Waals surface area contributed by atoms with E-state index in [1.165, 1.54) is 11.3 Å². The fraction of sp³-hybridized carbons (Fsp3) is 0.240. The van der Waals surface area contributed by atoms with E-state index in [-0.39, 0.29) is 18.5 Å². The molecule has 2 aliphatic rings. The number of ether oxygens (including phenoxy) is 3. The number of carbonyl (C=O) groups excluding carboxylic acids is 1. The van der Waals surface area contributed by atoms with Crippen LogP contribution in [0.5, 0.6) is 11.5 Å². The van der Waals surface area contributed by atoms with Crippen LogP contribution >= 0.6 is 38.9 Å². The van der Waals surface area contributed by atoms with Crippen molar-refractivity contribution in [2.45, 2.75) is 32.9 Å². The summed E-state index contributed by atoms with van der Waals surface area (Å²) >= 11 is 10.9. The van der Waals surface area contributed by atoms with Crippen LogP contribution in [0.15, 0.2) is 61.9 Å². The number of allylic oxidation sites excluding steroid dienone is 1. The maximum atomic E-state index is 13.7. The third kappa shape index (κ3) is 4.44. The van der Waals surface area contributed by atoms with Gasteiger partial charge in [-0.3, -0.25) is 9.36 Å². The molecule has 35 heavy (non-hydrogen) atoms. The molecule has 0 amide bonds. The van der Waals surface area contributed by atoms with Gasteiger partial charge in [-0.25, -0.2) is 9.79 Å². The van der Waals surface area contributed by atoms with Crippen molar-refractivity contribution in [2.75, 3.05) is 6.79 Å². The van der Waals surface area contributed by atoms with Crippen molar-refractivity contribution >= 4 is 50.9 Å². The molecule has 0 aliphatic carbocycles. The normalized spacial score (nSPS) is 17.0. The first kappa shape index (κ1) is 23.8. The minimum absolute atomic E-state index is 0.156. The molecule has 7 nitrogen and oxygen atoms in total. The Hall–Kier alpha value is -2.88. The van der Waals surface area contributed by atoms with Gasteiger partial charge in [0.1, 0.15) is 0 Å². The lowest BCUT2D eigenvalue weighted by Gasteiger charge is -2.25. The van der Waals surface area contributed by atoms with Crippen molar-refractivity contribution in [1.29, 1.82) is 0 Å². The van der Waals surface area contributed by atoms with Gasteiger partial charge in [0.2, 0.25) is 6.79 Å².